The number of quaternary nitrogens is 1. The topological polar surface area (TPSA) is 38.5 Å². The molecule has 3 rings (SSSR count). The summed E-state index contributed by atoms with van der Waals surface area (Å²) in [7, 11) is 3.28. The summed E-state index contributed by atoms with van der Waals surface area (Å²) in [5.41, 5.74) is 2.12. The fraction of sp³-hybridized carbons (Fsp3) is 0.350. The van der Waals surface area contributed by atoms with E-state index in [0.29, 0.717) is 11.5 Å². The molecule has 1 aliphatic rings. The maximum absolute atomic E-state index is 6.27. The number of nitrogens with zero attached hydrogens (tertiary/aromatic N) is 2. The van der Waals surface area contributed by atoms with Crippen LogP contribution >= 0.6 is 11.6 Å². The van der Waals surface area contributed by atoms with Crippen LogP contribution in [0.2, 0.25) is 5.02 Å². The standard InChI is InChI=1S/C20H24ClN3O2/c1-25-19-9-5-7-16(20(19)26-2)14-22-24-12-10-23(11-13-24)15-17-6-3-4-8-18(17)21/h3-9,14H,10-13,15H2,1-2H3/p+1/b22-14+. The number of nitrogens with one attached hydrogen (secondary N) is 1. The molecule has 0 bridgehead atoms. The maximum atomic E-state index is 6.27. The van der Waals surface area contributed by atoms with E-state index in [1.165, 1.54) is 10.5 Å². The van der Waals surface area contributed by atoms with E-state index in [1.807, 2.05) is 42.6 Å². The van der Waals surface area contributed by atoms with E-state index in [-0.39, 0.29) is 0 Å². The van der Waals surface area contributed by atoms with E-state index < -0.39 is 0 Å². The minimum Gasteiger partial charge on any atom is -0.493 e. The van der Waals surface area contributed by atoms with Gasteiger partial charge in [0, 0.05) is 16.1 Å². The first-order valence-electron chi connectivity index (χ1n) is 8.78. The highest BCUT2D eigenvalue weighted by atomic mass is 35.5. The zero-order valence-electron chi connectivity index (χ0n) is 15.2. The Balaban J connectivity index is 1.57. The second-order valence-electron chi connectivity index (χ2n) is 6.30. The minimum atomic E-state index is 0.710. The zero-order valence-corrected chi connectivity index (χ0v) is 16.0. The fourth-order valence-electron chi connectivity index (χ4n) is 3.17. The van der Waals surface area contributed by atoms with Crippen LogP contribution in [0.4, 0.5) is 0 Å². The minimum absolute atomic E-state index is 0.710. The van der Waals surface area contributed by atoms with Gasteiger partial charge >= 0.3 is 0 Å². The number of benzene rings is 2. The van der Waals surface area contributed by atoms with Crippen LogP contribution < -0.4 is 14.4 Å². The molecule has 1 heterocycles. The van der Waals surface area contributed by atoms with Crippen molar-refractivity contribution in [1.82, 2.24) is 5.01 Å². The summed E-state index contributed by atoms with van der Waals surface area (Å²) in [6.07, 6.45) is 1.85. The summed E-state index contributed by atoms with van der Waals surface area (Å²) in [5.74, 6) is 1.42. The predicted molar refractivity (Wildman–Crippen MR) is 105 cm³/mol. The maximum Gasteiger partial charge on any atom is 0.169 e. The van der Waals surface area contributed by atoms with E-state index in [9.17, 15) is 0 Å². The monoisotopic (exact) mass is 374 g/mol. The first kappa shape index (κ1) is 18.5. The van der Waals surface area contributed by atoms with Gasteiger partial charge in [0.1, 0.15) is 6.54 Å². The van der Waals surface area contributed by atoms with Gasteiger partial charge in [-0.2, -0.15) is 5.10 Å². The number of para-hydroxylation sites is 1. The van der Waals surface area contributed by atoms with Crippen LogP contribution in [0.15, 0.2) is 47.6 Å². The Morgan fingerprint density at radius 3 is 2.54 bits per heavy atom. The molecule has 6 heteroatoms. The molecular formula is C20H25ClN3O2+. The highest BCUT2D eigenvalue weighted by molar-refractivity contribution is 6.31. The molecule has 5 nitrogen and oxygen atoms in total. The fourth-order valence-corrected chi connectivity index (χ4v) is 3.37. The molecule has 0 radical (unpaired) electrons. The average molecular weight is 375 g/mol. The van der Waals surface area contributed by atoms with Crippen molar-refractivity contribution in [2.45, 2.75) is 6.54 Å². The van der Waals surface area contributed by atoms with Gasteiger partial charge in [-0.25, -0.2) is 0 Å². The SMILES string of the molecule is COc1cccc(/C=N/N2CC[NH+](Cc3ccccc3Cl)CC2)c1OC. The van der Waals surface area contributed by atoms with Crippen LogP contribution in [0.5, 0.6) is 11.5 Å². The molecule has 0 spiro atoms. The summed E-state index contributed by atoms with van der Waals surface area (Å²) < 4.78 is 10.8. The molecule has 0 amide bonds. The average Bonchev–Trinajstić information content (AvgIpc) is 2.68. The summed E-state index contributed by atoms with van der Waals surface area (Å²) in [6.45, 7) is 4.88. The van der Waals surface area contributed by atoms with E-state index in [1.54, 1.807) is 14.2 Å². The lowest BCUT2D eigenvalue weighted by Gasteiger charge is -2.30. The molecule has 26 heavy (non-hydrogen) atoms. The third kappa shape index (κ3) is 4.48. The van der Waals surface area contributed by atoms with Crippen molar-refractivity contribution in [3.8, 4) is 11.5 Å². The lowest BCUT2D eigenvalue weighted by molar-refractivity contribution is -0.918. The van der Waals surface area contributed by atoms with Crippen molar-refractivity contribution in [2.24, 2.45) is 5.10 Å². The molecule has 0 unspecified atom stereocenters. The largest absolute Gasteiger partial charge is 0.493 e. The third-order valence-corrected chi connectivity index (χ3v) is 5.01. The van der Waals surface area contributed by atoms with Crippen molar-refractivity contribution in [1.29, 1.82) is 0 Å². The van der Waals surface area contributed by atoms with Gasteiger partial charge in [-0.3, -0.25) is 5.01 Å². The van der Waals surface area contributed by atoms with Crippen molar-refractivity contribution in [2.75, 3.05) is 40.4 Å². The lowest BCUT2D eigenvalue weighted by atomic mass is 10.2. The van der Waals surface area contributed by atoms with Crippen LogP contribution in [0.3, 0.4) is 0 Å². The molecule has 1 N–H and O–H groups in total. The Labute approximate surface area is 159 Å². The number of halogens is 1. The molecule has 1 fully saturated rings. The highest BCUT2D eigenvalue weighted by Crippen LogP contribution is 2.29. The number of hydrogen-bond donors (Lipinski definition) is 1. The van der Waals surface area contributed by atoms with Crippen LogP contribution in [0.25, 0.3) is 0 Å². The molecule has 1 aliphatic heterocycles. The zero-order chi connectivity index (χ0) is 18.4. The number of hydrogen-bond acceptors (Lipinski definition) is 4. The van der Waals surface area contributed by atoms with Crippen LogP contribution in [0.1, 0.15) is 11.1 Å². The molecule has 0 saturated carbocycles. The molecule has 138 valence electrons. The lowest BCUT2D eigenvalue weighted by Crippen LogP contribution is -3.13. The number of ether oxygens (including phenoxy) is 2. The van der Waals surface area contributed by atoms with E-state index in [4.69, 9.17) is 21.1 Å². The van der Waals surface area contributed by atoms with Crippen LogP contribution in [-0.4, -0.2) is 51.6 Å². The third-order valence-electron chi connectivity index (χ3n) is 4.64. The number of methoxy groups -OCH3 is 2. The van der Waals surface area contributed by atoms with Gasteiger partial charge in [-0.15, -0.1) is 0 Å². The normalized spacial score (nSPS) is 15.4. The van der Waals surface area contributed by atoms with Gasteiger partial charge in [0.25, 0.3) is 0 Å². The smallest absolute Gasteiger partial charge is 0.169 e. The predicted octanol–water partition coefficient (Wildman–Crippen LogP) is 2.09. The number of hydrazone groups is 1. The molecule has 0 aliphatic carbocycles. The second kappa shape index (κ2) is 8.92. The molecule has 0 atom stereocenters. The molecular weight excluding hydrogens is 350 g/mol. The Morgan fingerprint density at radius 1 is 1.08 bits per heavy atom. The molecule has 2 aromatic rings. The number of piperazine rings is 1. The van der Waals surface area contributed by atoms with Gasteiger partial charge < -0.3 is 14.4 Å². The van der Waals surface area contributed by atoms with Crippen molar-refractivity contribution < 1.29 is 14.4 Å². The van der Waals surface area contributed by atoms with Gasteiger partial charge in [-0.05, 0) is 18.2 Å². The molecule has 2 aromatic carbocycles. The molecule has 0 aromatic heterocycles. The summed E-state index contributed by atoms with van der Waals surface area (Å²) in [6, 6.07) is 13.9. The highest BCUT2D eigenvalue weighted by Gasteiger charge is 2.19. The summed E-state index contributed by atoms with van der Waals surface area (Å²) >= 11 is 6.27. The Morgan fingerprint density at radius 2 is 1.85 bits per heavy atom. The van der Waals surface area contributed by atoms with Gasteiger partial charge in [0.2, 0.25) is 0 Å². The van der Waals surface area contributed by atoms with Gasteiger partial charge in [0.15, 0.2) is 11.5 Å². The Bertz CT molecular complexity index is 758. The Kier molecular flexibility index (Phi) is 6.36. The van der Waals surface area contributed by atoms with Gasteiger partial charge in [0.05, 0.1) is 46.6 Å². The Hall–Kier alpha value is -2.24. The van der Waals surface area contributed by atoms with Crippen molar-refractivity contribution in [3.63, 3.8) is 0 Å². The van der Waals surface area contributed by atoms with Gasteiger partial charge in [-0.1, -0.05) is 35.9 Å². The van der Waals surface area contributed by atoms with Crippen LogP contribution in [-0.2, 0) is 6.54 Å². The van der Waals surface area contributed by atoms with Crippen LogP contribution in [0, 0.1) is 0 Å². The summed E-state index contributed by atoms with van der Waals surface area (Å²) in [5, 5.41) is 7.59. The van der Waals surface area contributed by atoms with E-state index in [2.05, 4.69) is 16.2 Å². The first-order chi connectivity index (χ1) is 12.7. The number of rotatable bonds is 6. The van der Waals surface area contributed by atoms with E-state index >= 15 is 0 Å². The van der Waals surface area contributed by atoms with Crippen molar-refractivity contribution >= 4 is 17.8 Å². The first-order valence-corrected chi connectivity index (χ1v) is 9.16. The summed E-state index contributed by atoms with van der Waals surface area (Å²) in [4.78, 5) is 1.53. The quantitative estimate of drug-likeness (QED) is 0.787. The van der Waals surface area contributed by atoms with Crippen molar-refractivity contribution in [3.05, 3.63) is 58.6 Å². The second-order valence-corrected chi connectivity index (χ2v) is 6.71. The van der Waals surface area contributed by atoms with E-state index in [0.717, 1.165) is 43.3 Å². The molecule has 1 saturated heterocycles.